The molecule has 0 fully saturated rings. The molecule has 0 saturated heterocycles. The molecule has 0 bridgehead atoms. The van der Waals surface area contributed by atoms with Crippen molar-refractivity contribution in [3.8, 4) is 5.75 Å². The van der Waals surface area contributed by atoms with Gasteiger partial charge in [0.2, 0.25) is 0 Å². The molecule has 14 heavy (non-hydrogen) atoms. The van der Waals surface area contributed by atoms with Gasteiger partial charge in [0.05, 0.1) is 19.4 Å². The van der Waals surface area contributed by atoms with Gasteiger partial charge in [0.25, 0.3) is 0 Å². The Balaban J connectivity index is 2.41. The smallest absolute Gasteiger partial charge is 0.143 e. The molecular weight excluding hydrogens is 178 g/mol. The molecule has 0 aliphatic rings. The minimum Gasteiger partial charge on any atom is -0.492 e. The van der Waals surface area contributed by atoms with Crippen molar-refractivity contribution >= 4 is 0 Å². The summed E-state index contributed by atoms with van der Waals surface area (Å²) in [5.41, 5.74) is 0.802. The van der Waals surface area contributed by atoms with Gasteiger partial charge in [0, 0.05) is 11.8 Å². The van der Waals surface area contributed by atoms with Gasteiger partial charge >= 0.3 is 0 Å². The summed E-state index contributed by atoms with van der Waals surface area (Å²) in [5, 5.41) is 9.01. The highest BCUT2D eigenvalue weighted by Crippen LogP contribution is 2.16. The summed E-state index contributed by atoms with van der Waals surface area (Å²) in [7, 11) is 0. The quantitative estimate of drug-likeness (QED) is 0.707. The lowest BCUT2D eigenvalue weighted by Gasteiger charge is -2.08. The summed E-state index contributed by atoms with van der Waals surface area (Å²) in [6.45, 7) is 2.86. The molecule has 0 radical (unpaired) electrons. The van der Waals surface area contributed by atoms with E-state index in [4.69, 9.17) is 9.84 Å². The zero-order valence-corrected chi connectivity index (χ0v) is 8.57. The molecule has 1 rings (SSSR count). The fraction of sp³-hybridized carbons (Fsp3) is 0.545. The van der Waals surface area contributed by atoms with Crippen LogP contribution in [0.1, 0.15) is 31.7 Å². The number of unbranched alkanes of at least 4 members (excludes halogenated alkanes) is 2. The summed E-state index contributed by atoms with van der Waals surface area (Å²) < 4.78 is 5.51. The zero-order chi connectivity index (χ0) is 10.2. The average Bonchev–Trinajstić information content (AvgIpc) is 2.25. The van der Waals surface area contributed by atoms with Crippen LogP contribution in [0.25, 0.3) is 0 Å². The van der Waals surface area contributed by atoms with Crippen LogP contribution in [0, 0.1) is 0 Å². The van der Waals surface area contributed by atoms with Crippen LogP contribution in [-0.4, -0.2) is 16.7 Å². The van der Waals surface area contributed by atoms with Crippen LogP contribution in [0.4, 0.5) is 0 Å². The molecule has 3 heteroatoms. The molecule has 0 aromatic carbocycles. The first-order valence-electron chi connectivity index (χ1n) is 5.05. The summed E-state index contributed by atoms with van der Waals surface area (Å²) in [6.07, 6.45) is 6.72. The van der Waals surface area contributed by atoms with Gasteiger partial charge in [-0.15, -0.1) is 0 Å². The first-order chi connectivity index (χ1) is 6.88. The maximum atomic E-state index is 9.01. The number of aliphatic hydroxyl groups excluding tert-OH is 1. The van der Waals surface area contributed by atoms with Gasteiger partial charge in [-0.25, -0.2) is 0 Å². The lowest BCUT2D eigenvalue weighted by atomic mass is 10.2. The summed E-state index contributed by atoms with van der Waals surface area (Å²) >= 11 is 0. The molecule has 0 atom stereocenters. The molecular formula is C11H17NO2. The molecule has 3 nitrogen and oxygen atoms in total. The van der Waals surface area contributed by atoms with Crippen LogP contribution in [0.15, 0.2) is 18.5 Å². The number of hydrogen-bond acceptors (Lipinski definition) is 3. The highest BCUT2D eigenvalue weighted by atomic mass is 16.5. The summed E-state index contributed by atoms with van der Waals surface area (Å²) in [6, 6.07) is 1.77. The largest absolute Gasteiger partial charge is 0.492 e. The monoisotopic (exact) mass is 195 g/mol. The molecule has 0 aliphatic heterocycles. The van der Waals surface area contributed by atoms with Crippen LogP contribution >= 0.6 is 0 Å². The van der Waals surface area contributed by atoms with Crippen molar-refractivity contribution in [3.05, 3.63) is 24.0 Å². The highest BCUT2D eigenvalue weighted by Gasteiger charge is 2.01. The number of nitrogens with zero attached hydrogens (tertiary/aromatic N) is 1. The van der Waals surface area contributed by atoms with Crippen molar-refractivity contribution < 1.29 is 9.84 Å². The SMILES string of the molecule is CCCCCOc1cnccc1CO. The predicted octanol–water partition coefficient (Wildman–Crippen LogP) is 2.14. The predicted molar refractivity (Wildman–Crippen MR) is 55.2 cm³/mol. The van der Waals surface area contributed by atoms with Crippen LogP contribution in [-0.2, 0) is 6.61 Å². The second-order valence-electron chi connectivity index (χ2n) is 3.20. The number of rotatable bonds is 6. The Hall–Kier alpha value is -1.09. The third-order valence-corrected chi connectivity index (χ3v) is 2.05. The molecule has 1 heterocycles. The van der Waals surface area contributed by atoms with E-state index in [9.17, 15) is 0 Å². The Morgan fingerprint density at radius 3 is 3.00 bits per heavy atom. The van der Waals surface area contributed by atoms with E-state index in [1.54, 1.807) is 18.5 Å². The summed E-state index contributed by atoms with van der Waals surface area (Å²) in [4.78, 5) is 3.96. The number of hydrogen-bond donors (Lipinski definition) is 1. The number of pyridine rings is 1. The first-order valence-corrected chi connectivity index (χ1v) is 5.05. The van der Waals surface area contributed by atoms with Gasteiger partial charge in [0.1, 0.15) is 5.75 Å². The van der Waals surface area contributed by atoms with E-state index in [1.165, 1.54) is 12.8 Å². The van der Waals surface area contributed by atoms with Gasteiger partial charge in [-0.3, -0.25) is 4.98 Å². The van der Waals surface area contributed by atoms with Crippen molar-refractivity contribution in [2.45, 2.75) is 32.8 Å². The second-order valence-corrected chi connectivity index (χ2v) is 3.20. The van der Waals surface area contributed by atoms with E-state index in [-0.39, 0.29) is 6.61 Å². The highest BCUT2D eigenvalue weighted by molar-refractivity contribution is 5.28. The van der Waals surface area contributed by atoms with E-state index in [2.05, 4.69) is 11.9 Å². The van der Waals surface area contributed by atoms with E-state index in [0.29, 0.717) is 12.4 Å². The fourth-order valence-corrected chi connectivity index (χ4v) is 1.20. The topological polar surface area (TPSA) is 42.4 Å². The van der Waals surface area contributed by atoms with Crippen LogP contribution < -0.4 is 4.74 Å². The maximum Gasteiger partial charge on any atom is 0.143 e. The van der Waals surface area contributed by atoms with Gasteiger partial charge in [-0.1, -0.05) is 19.8 Å². The van der Waals surface area contributed by atoms with Crippen molar-refractivity contribution in [2.75, 3.05) is 6.61 Å². The van der Waals surface area contributed by atoms with E-state index in [0.717, 1.165) is 12.0 Å². The van der Waals surface area contributed by atoms with Gasteiger partial charge in [0.15, 0.2) is 0 Å². The number of aromatic nitrogens is 1. The number of ether oxygens (including phenoxy) is 1. The zero-order valence-electron chi connectivity index (χ0n) is 8.57. The Labute approximate surface area is 84.7 Å². The molecule has 78 valence electrons. The van der Waals surface area contributed by atoms with E-state index < -0.39 is 0 Å². The molecule has 0 saturated carbocycles. The standard InChI is InChI=1S/C11H17NO2/c1-2-3-4-7-14-11-8-12-6-5-10(11)9-13/h5-6,8,13H,2-4,7,9H2,1H3. The van der Waals surface area contributed by atoms with Gasteiger partial charge in [-0.05, 0) is 12.5 Å². The van der Waals surface area contributed by atoms with Crippen molar-refractivity contribution in [1.82, 2.24) is 4.98 Å². The van der Waals surface area contributed by atoms with Crippen molar-refractivity contribution in [2.24, 2.45) is 0 Å². The molecule has 1 aromatic rings. The van der Waals surface area contributed by atoms with Crippen LogP contribution in [0.3, 0.4) is 0 Å². The summed E-state index contributed by atoms with van der Waals surface area (Å²) in [5.74, 6) is 0.700. The molecule has 1 aromatic heterocycles. The third kappa shape index (κ3) is 3.34. The van der Waals surface area contributed by atoms with Crippen LogP contribution in [0.5, 0.6) is 5.75 Å². The Bertz CT molecular complexity index is 263. The first kappa shape index (κ1) is 11.0. The minimum atomic E-state index is 0.00559. The van der Waals surface area contributed by atoms with E-state index >= 15 is 0 Å². The Morgan fingerprint density at radius 2 is 2.29 bits per heavy atom. The van der Waals surface area contributed by atoms with Gasteiger partial charge < -0.3 is 9.84 Å². The van der Waals surface area contributed by atoms with Crippen molar-refractivity contribution in [1.29, 1.82) is 0 Å². The average molecular weight is 195 g/mol. The Kier molecular flexibility index (Phi) is 5.00. The minimum absolute atomic E-state index is 0.00559. The lowest BCUT2D eigenvalue weighted by molar-refractivity contribution is 0.259. The number of aliphatic hydroxyl groups is 1. The fourth-order valence-electron chi connectivity index (χ4n) is 1.20. The molecule has 1 N–H and O–H groups in total. The third-order valence-electron chi connectivity index (χ3n) is 2.05. The van der Waals surface area contributed by atoms with E-state index in [1.807, 2.05) is 0 Å². The molecule has 0 spiro atoms. The van der Waals surface area contributed by atoms with Crippen molar-refractivity contribution in [3.63, 3.8) is 0 Å². The molecule has 0 amide bonds. The van der Waals surface area contributed by atoms with Crippen LogP contribution in [0.2, 0.25) is 0 Å². The maximum absolute atomic E-state index is 9.01. The normalized spacial score (nSPS) is 10.1. The molecule has 0 aliphatic carbocycles. The lowest BCUT2D eigenvalue weighted by Crippen LogP contribution is -2.00. The molecule has 0 unspecified atom stereocenters. The Morgan fingerprint density at radius 1 is 1.43 bits per heavy atom. The second kappa shape index (κ2) is 6.38. The van der Waals surface area contributed by atoms with Gasteiger partial charge in [-0.2, -0.15) is 0 Å².